The van der Waals surface area contributed by atoms with Crippen LogP contribution < -0.4 is 9.47 Å². The van der Waals surface area contributed by atoms with Crippen molar-refractivity contribution in [2.75, 3.05) is 40.1 Å². The summed E-state index contributed by atoms with van der Waals surface area (Å²) in [5.41, 5.74) is 1.30. The van der Waals surface area contributed by atoms with Crippen LogP contribution in [0.15, 0.2) is 12.1 Å². The van der Waals surface area contributed by atoms with Gasteiger partial charge in [-0.1, -0.05) is 51.9 Å². The summed E-state index contributed by atoms with van der Waals surface area (Å²) in [6.45, 7) is 11.0. The van der Waals surface area contributed by atoms with Crippen LogP contribution in [0, 0.1) is 0 Å². The molecule has 0 aromatic heterocycles. The van der Waals surface area contributed by atoms with Crippen LogP contribution in [0.4, 0.5) is 0 Å². The van der Waals surface area contributed by atoms with Crippen molar-refractivity contribution in [3.63, 3.8) is 0 Å². The third kappa shape index (κ3) is 13.2. The van der Waals surface area contributed by atoms with Crippen molar-refractivity contribution in [2.24, 2.45) is 0 Å². The molecule has 1 aromatic carbocycles. The van der Waals surface area contributed by atoms with Gasteiger partial charge in [0.15, 0.2) is 0 Å². The zero-order valence-corrected chi connectivity index (χ0v) is 25.7. The molecule has 216 valence electrons. The summed E-state index contributed by atoms with van der Waals surface area (Å²) in [6, 6.07) is 3.57. The minimum atomic E-state index is -3.38. The smallest absolute Gasteiger partial charge is 0.335 e. The van der Waals surface area contributed by atoms with Gasteiger partial charge in [0.25, 0.3) is 0 Å². The first kappa shape index (κ1) is 34.1. The maximum absolute atomic E-state index is 13.3. The Labute approximate surface area is 225 Å². The molecule has 0 unspecified atom stereocenters. The molecular weight excluding hydrogens is 514 g/mol. The molecule has 1 rings (SSSR count). The van der Waals surface area contributed by atoms with E-state index in [1.54, 1.807) is 46.9 Å². The van der Waals surface area contributed by atoms with E-state index in [0.29, 0.717) is 29.2 Å². The molecule has 0 N–H and O–H groups in total. The van der Waals surface area contributed by atoms with Gasteiger partial charge in [-0.25, -0.2) is 0 Å². The topological polar surface area (TPSA) is 89.5 Å². The molecule has 0 saturated heterocycles. The number of hydrogen-bond donors (Lipinski definition) is 0. The summed E-state index contributed by atoms with van der Waals surface area (Å²) in [4.78, 5) is 0. The van der Waals surface area contributed by atoms with Crippen molar-refractivity contribution in [3.05, 3.63) is 23.3 Å². The predicted molar refractivity (Wildman–Crippen MR) is 150 cm³/mol. The molecule has 0 atom stereocenters. The Morgan fingerprint density at radius 2 is 1.00 bits per heavy atom. The largest absolute Gasteiger partial charge is 0.496 e. The number of ether oxygens (including phenoxy) is 2. The molecule has 0 bridgehead atoms. The second-order valence-electron chi connectivity index (χ2n) is 8.80. The highest BCUT2D eigenvalue weighted by atomic mass is 31.2. The van der Waals surface area contributed by atoms with Gasteiger partial charge in [0.2, 0.25) is 0 Å². The molecule has 0 amide bonds. The molecule has 1 aromatic rings. The van der Waals surface area contributed by atoms with Gasteiger partial charge in [-0.2, -0.15) is 0 Å². The standard InChI is InChI=1S/C27H50O8P2/c1-7-12-13-14-15-16-17-18-19-31-27-21-24(22-36(28,32-8-2)33-9-3)26(30-6)20-25(27)23-37(29,34-10-4)35-11-5/h20-21H,7-19,22-23H2,1-6H3. The molecule has 0 heterocycles. The van der Waals surface area contributed by atoms with Crippen LogP contribution in [0.3, 0.4) is 0 Å². The summed E-state index contributed by atoms with van der Waals surface area (Å²) < 4.78 is 60.4. The fraction of sp³-hybridized carbons (Fsp3) is 0.778. The van der Waals surface area contributed by atoms with E-state index in [-0.39, 0.29) is 38.8 Å². The molecule has 0 aliphatic rings. The molecule has 0 radical (unpaired) electrons. The third-order valence-corrected chi connectivity index (χ3v) is 9.81. The molecule has 0 spiro atoms. The number of hydrogen-bond acceptors (Lipinski definition) is 8. The lowest BCUT2D eigenvalue weighted by Gasteiger charge is -2.22. The SMILES string of the molecule is CCCCCCCCCCOc1cc(CP(=O)(OCC)OCC)c(OC)cc1CP(=O)(OCC)OCC. The van der Waals surface area contributed by atoms with E-state index < -0.39 is 15.2 Å². The Morgan fingerprint density at radius 3 is 1.43 bits per heavy atom. The normalized spacial score (nSPS) is 12.2. The Balaban J connectivity index is 3.13. The zero-order chi connectivity index (χ0) is 27.6. The maximum atomic E-state index is 13.3. The molecule has 0 saturated carbocycles. The number of methoxy groups -OCH3 is 1. The first-order valence-electron chi connectivity index (χ1n) is 13.9. The van der Waals surface area contributed by atoms with Crippen LogP contribution in [0.5, 0.6) is 11.5 Å². The number of rotatable bonds is 23. The first-order valence-corrected chi connectivity index (χ1v) is 17.3. The molecule has 8 nitrogen and oxygen atoms in total. The molecule has 0 aliphatic carbocycles. The number of unbranched alkanes of at least 4 members (excludes halogenated alkanes) is 7. The fourth-order valence-electron chi connectivity index (χ4n) is 4.09. The van der Waals surface area contributed by atoms with Crippen LogP contribution in [-0.2, 0) is 39.5 Å². The summed E-state index contributed by atoms with van der Waals surface area (Å²) in [7, 11) is -5.21. The minimum absolute atomic E-state index is 0.0425. The molecular formula is C27H50O8P2. The van der Waals surface area contributed by atoms with E-state index in [1.807, 2.05) is 0 Å². The van der Waals surface area contributed by atoms with Crippen molar-refractivity contribution in [1.82, 2.24) is 0 Å². The van der Waals surface area contributed by atoms with E-state index in [9.17, 15) is 9.13 Å². The van der Waals surface area contributed by atoms with Crippen LogP contribution in [0.25, 0.3) is 0 Å². The molecule has 37 heavy (non-hydrogen) atoms. The lowest BCUT2D eigenvalue weighted by atomic mass is 10.1. The summed E-state index contributed by atoms with van der Waals surface area (Å²) in [5.74, 6) is 1.05. The van der Waals surface area contributed by atoms with Gasteiger partial charge in [0.05, 0.1) is 52.5 Å². The average Bonchev–Trinajstić information content (AvgIpc) is 2.84. The fourth-order valence-corrected chi connectivity index (χ4v) is 7.51. The minimum Gasteiger partial charge on any atom is -0.496 e. The highest BCUT2D eigenvalue weighted by Crippen LogP contribution is 2.55. The molecule has 0 fully saturated rings. The second kappa shape index (κ2) is 19.2. The van der Waals surface area contributed by atoms with E-state index in [1.165, 1.54) is 38.5 Å². The average molecular weight is 565 g/mol. The monoisotopic (exact) mass is 564 g/mol. The maximum Gasteiger partial charge on any atom is 0.335 e. The van der Waals surface area contributed by atoms with E-state index >= 15 is 0 Å². The Bertz CT molecular complexity index is 826. The van der Waals surface area contributed by atoms with Crippen molar-refractivity contribution >= 4 is 15.2 Å². The molecule has 10 heteroatoms. The summed E-state index contributed by atoms with van der Waals surface area (Å²) >= 11 is 0. The van der Waals surface area contributed by atoms with Crippen LogP contribution >= 0.6 is 15.2 Å². The van der Waals surface area contributed by atoms with Gasteiger partial charge < -0.3 is 27.6 Å². The van der Waals surface area contributed by atoms with Gasteiger partial charge in [0, 0.05) is 11.1 Å². The third-order valence-electron chi connectivity index (χ3n) is 5.75. The Morgan fingerprint density at radius 1 is 0.595 bits per heavy atom. The summed E-state index contributed by atoms with van der Waals surface area (Å²) in [6.07, 6.45) is 9.67. The van der Waals surface area contributed by atoms with Crippen molar-refractivity contribution < 1.29 is 36.7 Å². The van der Waals surface area contributed by atoms with Crippen molar-refractivity contribution in [3.8, 4) is 11.5 Å². The highest BCUT2D eigenvalue weighted by Gasteiger charge is 2.30. The number of benzene rings is 1. The van der Waals surface area contributed by atoms with E-state index in [2.05, 4.69) is 6.92 Å². The highest BCUT2D eigenvalue weighted by molar-refractivity contribution is 7.53. The van der Waals surface area contributed by atoms with Gasteiger partial charge in [-0.3, -0.25) is 9.13 Å². The Hall–Kier alpha value is -0.880. The Kier molecular flexibility index (Phi) is 17.7. The second-order valence-corrected chi connectivity index (χ2v) is 12.9. The predicted octanol–water partition coefficient (Wildman–Crippen LogP) is 8.75. The van der Waals surface area contributed by atoms with Gasteiger partial charge in [-0.15, -0.1) is 0 Å². The van der Waals surface area contributed by atoms with Crippen molar-refractivity contribution in [2.45, 2.75) is 98.3 Å². The first-order chi connectivity index (χ1) is 17.8. The van der Waals surface area contributed by atoms with Crippen LogP contribution in [-0.4, -0.2) is 40.1 Å². The molecule has 0 aliphatic heterocycles. The van der Waals surface area contributed by atoms with Gasteiger partial charge >= 0.3 is 15.2 Å². The van der Waals surface area contributed by atoms with Crippen LogP contribution in [0.2, 0.25) is 0 Å². The quantitative estimate of drug-likeness (QED) is 0.0963. The van der Waals surface area contributed by atoms with E-state index in [4.69, 9.17) is 27.6 Å². The van der Waals surface area contributed by atoms with E-state index in [0.717, 1.165) is 12.8 Å². The summed E-state index contributed by atoms with van der Waals surface area (Å²) in [5, 5.41) is 0. The van der Waals surface area contributed by atoms with Gasteiger partial charge in [0.1, 0.15) is 11.5 Å². The van der Waals surface area contributed by atoms with Gasteiger partial charge in [-0.05, 0) is 46.2 Å². The zero-order valence-electron chi connectivity index (χ0n) is 23.9. The lowest BCUT2D eigenvalue weighted by molar-refractivity contribution is 0.217. The lowest BCUT2D eigenvalue weighted by Crippen LogP contribution is -2.06. The van der Waals surface area contributed by atoms with Crippen LogP contribution in [0.1, 0.15) is 97.1 Å². The van der Waals surface area contributed by atoms with Crippen molar-refractivity contribution in [1.29, 1.82) is 0 Å².